The average molecular weight is 477 g/mol. The summed E-state index contributed by atoms with van der Waals surface area (Å²) in [6.45, 7) is 6.86. The van der Waals surface area contributed by atoms with Crippen LogP contribution in [0.2, 0.25) is 0 Å². The van der Waals surface area contributed by atoms with Crippen LogP contribution in [0.5, 0.6) is 5.75 Å². The van der Waals surface area contributed by atoms with Gasteiger partial charge >= 0.3 is 5.91 Å². The summed E-state index contributed by atoms with van der Waals surface area (Å²) in [5, 5.41) is 13.5. The van der Waals surface area contributed by atoms with Crippen molar-refractivity contribution in [3.8, 4) is 5.75 Å². The lowest BCUT2D eigenvalue weighted by Crippen LogP contribution is -2.29. The van der Waals surface area contributed by atoms with Crippen molar-refractivity contribution in [2.45, 2.75) is 45.6 Å². The minimum Gasteiger partial charge on any atom is -0.507 e. The van der Waals surface area contributed by atoms with Crippen molar-refractivity contribution >= 4 is 33.9 Å². The van der Waals surface area contributed by atoms with Gasteiger partial charge in [0.25, 0.3) is 5.78 Å². The molecule has 0 spiro atoms. The van der Waals surface area contributed by atoms with Gasteiger partial charge in [0.1, 0.15) is 11.5 Å². The summed E-state index contributed by atoms with van der Waals surface area (Å²) in [5.74, 6) is -0.719. The van der Waals surface area contributed by atoms with Gasteiger partial charge in [-0.3, -0.25) is 14.5 Å². The number of nitrogens with zero attached hydrogens (tertiary/aromatic N) is 2. The van der Waals surface area contributed by atoms with Gasteiger partial charge in [0.15, 0.2) is 5.13 Å². The molecule has 0 saturated carbocycles. The van der Waals surface area contributed by atoms with Crippen LogP contribution in [0.25, 0.3) is 5.76 Å². The Kier molecular flexibility index (Phi) is 7.12. The fraction of sp³-hybridized carbons (Fsp3) is 0.296. The minimum absolute atomic E-state index is 0.0446. The van der Waals surface area contributed by atoms with E-state index in [0.29, 0.717) is 29.0 Å². The molecule has 0 radical (unpaired) electrons. The molecule has 34 heavy (non-hydrogen) atoms. The topological polar surface area (TPSA) is 79.7 Å². The smallest absolute Gasteiger partial charge is 0.301 e. The van der Waals surface area contributed by atoms with E-state index in [9.17, 15) is 14.7 Å². The first-order valence-corrected chi connectivity index (χ1v) is 12.3. The number of aromatic nitrogens is 1. The van der Waals surface area contributed by atoms with Crippen LogP contribution in [0, 0.1) is 0 Å². The van der Waals surface area contributed by atoms with Crippen LogP contribution in [0.3, 0.4) is 0 Å². The number of thiazole rings is 1. The second-order valence-corrected chi connectivity index (χ2v) is 9.41. The summed E-state index contributed by atoms with van der Waals surface area (Å²) < 4.78 is 5.77. The van der Waals surface area contributed by atoms with E-state index in [1.54, 1.807) is 29.8 Å². The maximum absolute atomic E-state index is 13.2. The lowest BCUT2D eigenvalue weighted by Gasteiger charge is -2.23. The molecule has 1 amide bonds. The third-order valence-electron chi connectivity index (χ3n) is 5.86. The van der Waals surface area contributed by atoms with E-state index in [-0.39, 0.29) is 11.3 Å². The monoisotopic (exact) mass is 476 g/mol. The van der Waals surface area contributed by atoms with Crippen LogP contribution in [0.4, 0.5) is 5.13 Å². The molecule has 1 aliphatic heterocycles. The molecule has 1 aliphatic rings. The molecular weight excluding hydrogens is 448 g/mol. The largest absolute Gasteiger partial charge is 0.507 e. The molecule has 176 valence electrons. The number of amides is 1. The molecule has 1 saturated heterocycles. The minimum atomic E-state index is -0.781. The third-order valence-corrected chi connectivity index (χ3v) is 6.63. The first-order chi connectivity index (χ1) is 16.4. The SMILES string of the molecule is CCCCOc1cccc(/C(O)=C2\C(=O)C(=O)N(c3nccs3)C2c2ccc(C(C)C)cc2)c1. The molecule has 3 aromatic rings. The Morgan fingerprint density at radius 1 is 1.18 bits per heavy atom. The summed E-state index contributed by atoms with van der Waals surface area (Å²) in [7, 11) is 0. The predicted molar refractivity (Wildman–Crippen MR) is 134 cm³/mol. The summed E-state index contributed by atoms with van der Waals surface area (Å²) in [6.07, 6.45) is 3.52. The summed E-state index contributed by atoms with van der Waals surface area (Å²) >= 11 is 1.27. The third kappa shape index (κ3) is 4.61. The van der Waals surface area contributed by atoms with Gasteiger partial charge < -0.3 is 9.84 Å². The molecule has 2 aromatic carbocycles. The lowest BCUT2D eigenvalue weighted by atomic mass is 9.93. The van der Waals surface area contributed by atoms with E-state index in [4.69, 9.17) is 4.74 Å². The Hall–Kier alpha value is -3.45. The van der Waals surface area contributed by atoms with Crippen molar-refractivity contribution in [2.75, 3.05) is 11.5 Å². The Balaban J connectivity index is 1.82. The van der Waals surface area contributed by atoms with Gasteiger partial charge in [-0.05, 0) is 35.6 Å². The number of carbonyl (C=O) groups is 2. The molecular formula is C27H28N2O4S. The zero-order valence-electron chi connectivity index (χ0n) is 19.5. The predicted octanol–water partition coefficient (Wildman–Crippen LogP) is 6.07. The molecule has 1 atom stereocenters. The highest BCUT2D eigenvalue weighted by molar-refractivity contribution is 7.14. The van der Waals surface area contributed by atoms with Gasteiger partial charge in [0.05, 0.1) is 18.2 Å². The van der Waals surface area contributed by atoms with Crippen LogP contribution in [0.1, 0.15) is 62.3 Å². The zero-order valence-corrected chi connectivity index (χ0v) is 20.3. The van der Waals surface area contributed by atoms with Crippen LogP contribution in [0.15, 0.2) is 65.7 Å². The lowest BCUT2D eigenvalue weighted by molar-refractivity contribution is -0.132. The number of Topliss-reactive ketones (excluding diaryl/α,β-unsaturated/α-hetero) is 1. The van der Waals surface area contributed by atoms with E-state index in [2.05, 4.69) is 25.8 Å². The fourth-order valence-electron chi connectivity index (χ4n) is 3.97. The maximum Gasteiger partial charge on any atom is 0.301 e. The Morgan fingerprint density at radius 3 is 2.59 bits per heavy atom. The molecule has 0 bridgehead atoms. The number of hydrogen-bond donors (Lipinski definition) is 1. The number of carbonyl (C=O) groups excluding carboxylic acids is 2. The summed E-state index contributed by atoms with van der Waals surface area (Å²) in [4.78, 5) is 32.0. The zero-order chi connectivity index (χ0) is 24.2. The van der Waals surface area contributed by atoms with Crippen molar-refractivity contribution in [2.24, 2.45) is 0 Å². The summed E-state index contributed by atoms with van der Waals surface area (Å²) in [5.41, 5.74) is 2.35. The number of ether oxygens (including phenoxy) is 1. The van der Waals surface area contributed by atoms with Crippen LogP contribution in [-0.2, 0) is 9.59 Å². The van der Waals surface area contributed by atoms with Crippen molar-refractivity contribution in [3.63, 3.8) is 0 Å². The van der Waals surface area contributed by atoms with Crippen LogP contribution >= 0.6 is 11.3 Å². The molecule has 1 N–H and O–H groups in total. The Morgan fingerprint density at radius 2 is 1.94 bits per heavy atom. The highest BCUT2D eigenvalue weighted by Crippen LogP contribution is 2.43. The fourth-order valence-corrected chi connectivity index (χ4v) is 4.63. The normalized spacial score (nSPS) is 17.5. The molecule has 6 nitrogen and oxygen atoms in total. The molecule has 1 aromatic heterocycles. The molecule has 7 heteroatoms. The van der Waals surface area contributed by atoms with Crippen LogP contribution < -0.4 is 9.64 Å². The van der Waals surface area contributed by atoms with E-state index in [1.165, 1.54) is 16.2 Å². The highest BCUT2D eigenvalue weighted by Gasteiger charge is 2.48. The number of ketones is 1. The standard InChI is InChI=1S/C27H28N2O4S/c1-4-5-14-33-21-8-6-7-20(16-21)24(30)22-23(19-11-9-18(10-12-19)17(2)3)29(26(32)25(22)31)27-28-13-15-34-27/h6-13,15-17,23,30H,4-5,14H2,1-3H3/b24-22+. The average Bonchev–Trinajstić information content (AvgIpc) is 3.46. The Labute approximate surface area is 203 Å². The van der Waals surface area contributed by atoms with E-state index >= 15 is 0 Å². The van der Waals surface area contributed by atoms with Gasteiger partial charge in [-0.2, -0.15) is 0 Å². The second kappa shape index (κ2) is 10.2. The number of unbranched alkanes of at least 4 members (excludes halogenated alkanes) is 1. The second-order valence-electron chi connectivity index (χ2n) is 8.53. The molecule has 4 rings (SSSR count). The Bertz CT molecular complexity index is 1200. The van der Waals surface area contributed by atoms with Crippen molar-refractivity contribution in [1.82, 2.24) is 4.98 Å². The quantitative estimate of drug-likeness (QED) is 0.185. The summed E-state index contributed by atoms with van der Waals surface area (Å²) in [6, 6.07) is 14.0. The maximum atomic E-state index is 13.2. The first kappa shape index (κ1) is 23.7. The van der Waals surface area contributed by atoms with E-state index in [1.807, 2.05) is 30.3 Å². The number of hydrogen-bond acceptors (Lipinski definition) is 6. The van der Waals surface area contributed by atoms with Gasteiger partial charge in [-0.1, -0.05) is 63.6 Å². The number of anilines is 1. The molecule has 1 unspecified atom stereocenters. The highest BCUT2D eigenvalue weighted by atomic mass is 32.1. The number of benzene rings is 2. The molecule has 2 heterocycles. The van der Waals surface area contributed by atoms with Crippen molar-refractivity contribution < 1.29 is 19.4 Å². The number of aliphatic hydroxyl groups excluding tert-OH is 1. The first-order valence-electron chi connectivity index (χ1n) is 11.5. The van der Waals surface area contributed by atoms with Gasteiger partial charge in [0.2, 0.25) is 0 Å². The number of rotatable bonds is 8. The molecule has 1 fully saturated rings. The van der Waals surface area contributed by atoms with E-state index < -0.39 is 17.7 Å². The van der Waals surface area contributed by atoms with Gasteiger partial charge in [0, 0.05) is 17.1 Å². The van der Waals surface area contributed by atoms with Crippen LogP contribution in [-0.4, -0.2) is 28.4 Å². The van der Waals surface area contributed by atoms with Gasteiger partial charge in [-0.15, -0.1) is 11.3 Å². The van der Waals surface area contributed by atoms with E-state index in [0.717, 1.165) is 24.0 Å². The van der Waals surface area contributed by atoms with Gasteiger partial charge in [-0.25, -0.2) is 4.98 Å². The van der Waals surface area contributed by atoms with Crippen molar-refractivity contribution in [3.05, 3.63) is 82.4 Å². The number of aliphatic hydroxyl groups is 1. The molecule has 0 aliphatic carbocycles. The van der Waals surface area contributed by atoms with Crippen molar-refractivity contribution in [1.29, 1.82) is 0 Å².